The van der Waals surface area contributed by atoms with Crippen LogP contribution < -0.4 is 11.5 Å². The number of hydrogen-bond acceptors (Lipinski definition) is 7. The van der Waals surface area contributed by atoms with Crippen molar-refractivity contribution >= 4 is 23.7 Å². The van der Waals surface area contributed by atoms with Crippen LogP contribution in [0.15, 0.2) is 9.98 Å². The smallest absolute Gasteiger partial charge is 0.226 e. The Bertz CT molecular complexity index is 404. The second-order valence-corrected chi connectivity index (χ2v) is 7.45. The zero-order valence-corrected chi connectivity index (χ0v) is 13.9. The van der Waals surface area contributed by atoms with Gasteiger partial charge in [0, 0.05) is 5.25 Å². The van der Waals surface area contributed by atoms with Gasteiger partial charge in [-0.1, -0.05) is 19.3 Å². The van der Waals surface area contributed by atoms with E-state index in [1.807, 2.05) is 13.8 Å². The molecule has 6 nitrogen and oxygen atoms in total. The zero-order chi connectivity index (χ0) is 15.3. The van der Waals surface area contributed by atoms with E-state index < -0.39 is 5.66 Å². The summed E-state index contributed by atoms with van der Waals surface area (Å²) in [4.78, 5) is 13.9. The first-order chi connectivity index (χ1) is 9.99. The predicted molar refractivity (Wildman–Crippen MR) is 89.1 cm³/mol. The lowest BCUT2D eigenvalue weighted by atomic mass is 10.0. The van der Waals surface area contributed by atoms with Crippen LogP contribution in [0, 0.1) is 0 Å². The molecule has 1 saturated carbocycles. The molecule has 1 aliphatic heterocycles. The van der Waals surface area contributed by atoms with Gasteiger partial charge in [-0.25, -0.2) is 4.99 Å². The van der Waals surface area contributed by atoms with E-state index in [0.717, 1.165) is 17.4 Å². The molecule has 0 saturated heterocycles. The average molecular weight is 313 g/mol. The van der Waals surface area contributed by atoms with Gasteiger partial charge in [-0.05, 0) is 38.9 Å². The molecule has 7 heteroatoms. The normalized spacial score (nSPS) is 22.9. The van der Waals surface area contributed by atoms with Crippen molar-refractivity contribution in [3.63, 3.8) is 0 Å². The quantitative estimate of drug-likeness (QED) is 0.733. The van der Waals surface area contributed by atoms with E-state index in [1.54, 1.807) is 5.06 Å². The van der Waals surface area contributed by atoms with Gasteiger partial charge < -0.3 is 11.5 Å². The van der Waals surface area contributed by atoms with Crippen molar-refractivity contribution < 1.29 is 4.84 Å². The summed E-state index contributed by atoms with van der Waals surface area (Å²) in [5.41, 5.74) is 10.9. The number of hydrogen-bond donors (Lipinski definition) is 2. The first-order valence-electron chi connectivity index (χ1n) is 7.73. The molecular weight excluding hydrogens is 286 g/mol. The van der Waals surface area contributed by atoms with Crippen molar-refractivity contribution in [2.45, 2.75) is 63.3 Å². The van der Waals surface area contributed by atoms with Crippen molar-refractivity contribution in [1.29, 1.82) is 0 Å². The van der Waals surface area contributed by atoms with Crippen LogP contribution in [0.4, 0.5) is 0 Å². The first kappa shape index (κ1) is 16.4. The summed E-state index contributed by atoms with van der Waals surface area (Å²) in [5, 5.41) is 2.40. The predicted octanol–water partition coefficient (Wildman–Crippen LogP) is 2.06. The fourth-order valence-corrected chi connectivity index (χ4v) is 4.00. The molecule has 0 aromatic carbocycles. The minimum atomic E-state index is -0.605. The maximum Gasteiger partial charge on any atom is 0.226 e. The van der Waals surface area contributed by atoms with Crippen molar-refractivity contribution in [3.05, 3.63) is 0 Å². The molecule has 1 fully saturated rings. The highest BCUT2D eigenvalue weighted by Gasteiger charge is 2.32. The lowest BCUT2D eigenvalue weighted by Gasteiger charge is -2.36. The Morgan fingerprint density at radius 3 is 2.67 bits per heavy atom. The lowest BCUT2D eigenvalue weighted by molar-refractivity contribution is -0.156. The maximum absolute atomic E-state index is 5.86. The van der Waals surface area contributed by atoms with Gasteiger partial charge in [-0.3, -0.25) is 4.84 Å². The summed E-state index contributed by atoms with van der Waals surface area (Å²) < 4.78 is 0. The average Bonchev–Trinajstić information content (AvgIpc) is 2.41. The van der Waals surface area contributed by atoms with E-state index >= 15 is 0 Å². The number of guanidine groups is 2. The fourth-order valence-electron chi connectivity index (χ4n) is 2.71. The van der Waals surface area contributed by atoms with Gasteiger partial charge in [0.15, 0.2) is 5.66 Å². The molecule has 2 aliphatic rings. The van der Waals surface area contributed by atoms with Gasteiger partial charge in [-0.2, -0.15) is 21.8 Å². The van der Waals surface area contributed by atoms with Crippen LogP contribution >= 0.6 is 11.8 Å². The molecule has 1 aliphatic carbocycles. The highest BCUT2D eigenvalue weighted by atomic mass is 32.2. The minimum absolute atomic E-state index is 0.199. The van der Waals surface area contributed by atoms with Gasteiger partial charge in [0.05, 0.1) is 6.61 Å². The number of nitrogens with two attached hydrogens (primary N) is 2. The van der Waals surface area contributed by atoms with Crippen LogP contribution in [0.2, 0.25) is 0 Å². The topological polar surface area (TPSA) is 89.2 Å². The highest BCUT2D eigenvalue weighted by Crippen LogP contribution is 2.28. The number of rotatable bonds is 6. The van der Waals surface area contributed by atoms with Gasteiger partial charge in [0.25, 0.3) is 0 Å². The molecular formula is C14H27N5OS. The third-order valence-electron chi connectivity index (χ3n) is 3.74. The Balaban J connectivity index is 1.67. The zero-order valence-electron chi connectivity index (χ0n) is 13.0. The molecule has 4 N–H and O–H groups in total. The lowest BCUT2D eigenvalue weighted by Crippen LogP contribution is -2.53. The molecule has 0 aromatic rings. The molecule has 0 amide bonds. The summed E-state index contributed by atoms with van der Waals surface area (Å²) in [6.45, 7) is 4.42. The van der Waals surface area contributed by atoms with Gasteiger partial charge in [0.2, 0.25) is 11.9 Å². The van der Waals surface area contributed by atoms with E-state index in [2.05, 4.69) is 21.7 Å². The molecule has 2 rings (SSSR count). The molecule has 0 aromatic heterocycles. The summed E-state index contributed by atoms with van der Waals surface area (Å²) in [5.74, 6) is 1.60. The Kier molecular flexibility index (Phi) is 5.75. The Hall–Kier alpha value is -0.950. The number of nitrogens with zero attached hydrogens (tertiary/aromatic N) is 3. The highest BCUT2D eigenvalue weighted by molar-refractivity contribution is 7.99. The van der Waals surface area contributed by atoms with E-state index in [0.29, 0.717) is 6.61 Å². The number of thioether (sulfide) groups is 1. The monoisotopic (exact) mass is 313 g/mol. The van der Waals surface area contributed by atoms with Crippen LogP contribution in [0.5, 0.6) is 0 Å². The van der Waals surface area contributed by atoms with E-state index in [4.69, 9.17) is 16.3 Å². The van der Waals surface area contributed by atoms with Gasteiger partial charge >= 0.3 is 0 Å². The third-order valence-corrected chi connectivity index (χ3v) is 5.20. The molecule has 0 bridgehead atoms. The Morgan fingerprint density at radius 2 is 2.00 bits per heavy atom. The largest absolute Gasteiger partial charge is 0.368 e. The molecule has 21 heavy (non-hydrogen) atoms. The van der Waals surface area contributed by atoms with Gasteiger partial charge in [-0.15, -0.1) is 0 Å². The Morgan fingerprint density at radius 1 is 1.29 bits per heavy atom. The fraction of sp³-hybridized carbons (Fsp3) is 0.857. The molecule has 0 unspecified atom stereocenters. The van der Waals surface area contributed by atoms with E-state index in [9.17, 15) is 0 Å². The van der Waals surface area contributed by atoms with Crippen molar-refractivity contribution in [3.8, 4) is 0 Å². The molecule has 1 heterocycles. The first-order valence-corrected chi connectivity index (χ1v) is 8.78. The minimum Gasteiger partial charge on any atom is -0.368 e. The number of hydroxylamine groups is 2. The molecule has 120 valence electrons. The summed E-state index contributed by atoms with van der Waals surface area (Å²) in [6.07, 6.45) is 7.94. The van der Waals surface area contributed by atoms with Crippen LogP contribution in [0.1, 0.15) is 52.4 Å². The second kappa shape index (κ2) is 7.35. The standard InChI is InChI=1S/C14H27N5OS/c1-14(2)18-12(15)17-13(16)19(14)20-9-6-10-21-11-7-4-3-5-8-11/h11H,3-10H2,1-2H3,(H4,15,16,17,18). The number of aliphatic imine (C=N–C) groups is 2. The van der Waals surface area contributed by atoms with Crippen LogP contribution in [0.25, 0.3) is 0 Å². The van der Waals surface area contributed by atoms with Crippen LogP contribution in [-0.4, -0.2) is 40.3 Å². The van der Waals surface area contributed by atoms with E-state index in [-0.39, 0.29) is 11.9 Å². The molecule has 0 atom stereocenters. The van der Waals surface area contributed by atoms with Crippen molar-refractivity contribution in [2.75, 3.05) is 12.4 Å². The van der Waals surface area contributed by atoms with Crippen LogP contribution in [-0.2, 0) is 4.84 Å². The summed E-state index contributed by atoms with van der Waals surface area (Å²) in [7, 11) is 0. The van der Waals surface area contributed by atoms with Crippen molar-refractivity contribution in [1.82, 2.24) is 5.06 Å². The maximum atomic E-state index is 5.86. The van der Waals surface area contributed by atoms with E-state index in [1.165, 1.54) is 32.1 Å². The summed E-state index contributed by atoms with van der Waals surface area (Å²) >= 11 is 2.08. The Labute approximate surface area is 131 Å². The second-order valence-electron chi connectivity index (χ2n) is 6.05. The van der Waals surface area contributed by atoms with Gasteiger partial charge in [0.1, 0.15) is 0 Å². The molecule has 0 spiro atoms. The van der Waals surface area contributed by atoms with Crippen LogP contribution in [0.3, 0.4) is 0 Å². The summed E-state index contributed by atoms with van der Waals surface area (Å²) in [6, 6.07) is 0. The SMILES string of the molecule is CC1(C)N=C(N)N=C(N)N1OCCCSC1CCCCC1. The van der Waals surface area contributed by atoms with Crippen molar-refractivity contribution in [2.24, 2.45) is 21.5 Å². The molecule has 0 radical (unpaired) electrons. The third kappa shape index (κ3) is 4.78.